The predicted octanol–water partition coefficient (Wildman–Crippen LogP) is 2.60. The molecule has 1 aromatic carbocycles. The minimum atomic E-state index is -0.333. The minimum absolute atomic E-state index is 0.0548. The van der Waals surface area contributed by atoms with Crippen LogP contribution < -0.4 is 11.1 Å². The maximum Gasteiger partial charge on any atom is 0.222 e. The average molecular weight is 339 g/mol. The van der Waals surface area contributed by atoms with Crippen molar-refractivity contribution in [2.45, 2.75) is 25.3 Å². The molecule has 2 unspecified atom stereocenters. The van der Waals surface area contributed by atoms with Crippen LogP contribution in [0.5, 0.6) is 0 Å². The van der Waals surface area contributed by atoms with Crippen molar-refractivity contribution in [3.63, 3.8) is 0 Å². The number of carbonyl (C=O) groups is 1. The number of nitrogens with zero attached hydrogens (tertiary/aromatic N) is 3. The van der Waals surface area contributed by atoms with Gasteiger partial charge in [-0.2, -0.15) is 9.61 Å². The van der Waals surface area contributed by atoms with E-state index in [1.807, 2.05) is 0 Å². The van der Waals surface area contributed by atoms with Crippen LogP contribution in [-0.4, -0.2) is 26.5 Å². The lowest BCUT2D eigenvalue weighted by molar-refractivity contribution is -0.121. The van der Waals surface area contributed by atoms with Crippen molar-refractivity contribution in [2.24, 2.45) is 11.7 Å². The molecule has 1 aliphatic carbocycles. The molecular formula is C18H18FN5O. The number of benzene rings is 1. The van der Waals surface area contributed by atoms with E-state index in [4.69, 9.17) is 5.73 Å². The summed E-state index contributed by atoms with van der Waals surface area (Å²) in [5.41, 5.74) is 7.06. The molecule has 4 rings (SSSR count). The van der Waals surface area contributed by atoms with Crippen LogP contribution in [0.4, 0.5) is 10.2 Å². The van der Waals surface area contributed by atoms with Gasteiger partial charge in [0.05, 0.1) is 17.8 Å². The molecule has 2 heterocycles. The Hall–Kier alpha value is -2.96. The van der Waals surface area contributed by atoms with Gasteiger partial charge in [0.25, 0.3) is 0 Å². The summed E-state index contributed by atoms with van der Waals surface area (Å²) in [6, 6.07) is 9.98. The van der Waals surface area contributed by atoms with Gasteiger partial charge in [-0.1, -0.05) is 18.6 Å². The molecule has 3 N–H and O–H groups in total. The predicted molar refractivity (Wildman–Crippen MR) is 92.3 cm³/mol. The summed E-state index contributed by atoms with van der Waals surface area (Å²) < 4.78 is 15.8. The van der Waals surface area contributed by atoms with E-state index in [-0.39, 0.29) is 23.7 Å². The van der Waals surface area contributed by atoms with E-state index in [2.05, 4.69) is 15.4 Å². The van der Waals surface area contributed by atoms with Crippen LogP contribution in [-0.2, 0) is 4.79 Å². The zero-order chi connectivity index (χ0) is 17.4. The fourth-order valence-corrected chi connectivity index (χ4v) is 3.49. The lowest BCUT2D eigenvalue weighted by atomic mass is 10.0. The van der Waals surface area contributed by atoms with Crippen molar-refractivity contribution in [3.05, 3.63) is 48.4 Å². The van der Waals surface area contributed by atoms with Crippen molar-refractivity contribution in [2.75, 3.05) is 5.32 Å². The minimum Gasteiger partial charge on any atom is -0.369 e. The van der Waals surface area contributed by atoms with E-state index >= 15 is 0 Å². The van der Waals surface area contributed by atoms with E-state index in [0.29, 0.717) is 22.7 Å². The topological polar surface area (TPSA) is 85.3 Å². The number of hydrogen-bond acceptors (Lipinski definition) is 4. The molecular weight excluding hydrogens is 321 g/mol. The first-order valence-electron chi connectivity index (χ1n) is 8.29. The van der Waals surface area contributed by atoms with Gasteiger partial charge in [-0.3, -0.25) is 4.79 Å². The molecule has 1 saturated carbocycles. The molecule has 2 aromatic heterocycles. The first kappa shape index (κ1) is 15.6. The summed E-state index contributed by atoms with van der Waals surface area (Å²) in [6.45, 7) is 0. The van der Waals surface area contributed by atoms with Crippen LogP contribution in [0.2, 0.25) is 0 Å². The van der Waals surface area contributed by atoms with Gasteiger partial charge in [-0.05, 0) is 25.0 Å². The summed E-state index contributed by atoms with van der Waals surface area (Å²) in [5, 5.41) is 7.64. The molecule has 7 heteroatoms. The number of amides is 1. The summed E-state index contributed by atoms with van der Waals surface area (Å²) in [4.78, 5) is 16.1. The molecule has 0 spiro atoms. The fourth-order valence-electron chi connectivity index (χ4n) is 3.49. The van der Waals surface area contributed by atoms with Crippen molar-refractivity contribution in [1.29, 1.82) is 0 Å². The van der Waals surface area contributed by atoms with Crippen molar-refractivity contribution < 1.29 is 9.18 Å². The third kappa shape index (κ3) is 2.82. The molecule has 1 aliphatic rings. The Morgan fingerprint density at radius 1 is 1.28 bits per heavy atom. The van der Waals surface area contributed by atoms with E-state index in [0.717, 1.165) is 19.3 Å². The number of carbonyl (C=O) groups excluding carboxylic acids is 1. The van der Waals surface area contributed by atoms with Gasteiger partial charge in [0.2, 0.25) is 5.91 Å². The molecule has 6 nitrogen and oxygen atoms in total. The SMILES string of the molecule is NC(=O)C1CCCC1Nc1cc(-c2ccccc2F)nc2ccnn12. The number of fused-ring (bicyclic) bond motifs is 1. The first-order valence-corrected chi connectivity index (χ1v) is 8.29. The highest BCUT2D eigenvalue weighted by molar-refractivity contribution is 5.78. The van der Waals surface area contributed by atoms with Crippen molar-refractivity contribution >= 4 is 17.4 Å². The Morgan fingerprint density at radius 2 is 2.12 bits per heavy atom. The third-order valence-corrected chi connectivity index (χ3v) is 4.72. The van der Waals surface area contributed by atoms with Crippen LogP contribution in [0.3, 0.4) is 0 Å². The Labute approximate surface area is 143 Å². The van der Waals surface area contributed by atoms with E-state index in [1.165, 1.54) is 6.07 Å². The summed E-state index contributed by atoms with van der Waals surface area (Å²) in [6.07, 6.45) is 4.21. The first-order chi connectivity index (χ1) is 12.1. The van der Waals surface area contributed by atoms with E-state index in [1.54, 1.807) is 41.0 Å². The quantitative estimate of drug-likeness (QED) is 0.765. The Bertz CT molecular complexity index is 938. The van der Waals surface area contributed by atoms with Gasteiger partial charge in [-0.25, -0.2) is 9.37 Å². The standard InChI is InChI=1S/C18H18FN5O/c19-13-6-2-1-4-11(13)15-10-17(24-16(23-15)8-9-21-24)22-14-7-3-5-12(14)18(20)25/h1-2,4,6,8-10,12,14,22H,3,5,7H2,(H2,20,25). The number of aromatic nitrogens is 3. The lowest BCUT2D eigenvalue weighted by Gasteiger charge is -2.20. The fraction of sp³-hybridized carbons (Fsp3) is 0.278. The number of halogens is 1. The second-order valence-corrected chi connectivity index (χ2v) is 6.30. The number of rotatable bonds is 4. The van der Waals surface area contributed by atoms with E-state index < -0.39 is 0 Å². The number of primary amides is 1. The number of nitrogens with two attached hydrogens (primary N) is 1. The maximum atomic E-state index is 14.2. The highest BCUT2D eigenvalue weighted by atomic mass is 19.1. The number of hydrogen-bond donors (Lipinski definition) is 2. The van der Waals surface area contributed by atoms with Gasteiger partial charge < -0.3 is 11.1 Å². The van der Waals surface area contributed by atoms with Crippen LogP contribution in [0.1, 0.15) is 19.3 Å². The molecule has 128 valence electrons. The number of anilines is 1. The van der Waals surface area contributed by atoms with Crippen molar-refractivity contribution in [1.82, 2.24) is 14.6 Å². The second-order valence-electron chi connectivity index (χ2n) is 6.30. The Kier molecular flexibility index (Phi) is 3.83. The highest BCUT2D eigenvalue weighted by Gasteiger charge is 2.32. The normalized spacial score (nSPS) is 20.0. The third-order valence-electron chi connectivity index (χ3n) is 4.72. The maximum absolute atomic E-state index is 14.2. The molecule has 1 amide bonds. The van der Waals surface area contributed by atoms with Gasteiger partial charge >= 0.3 is 0 Å². The lowest BCUT2D eigenvalue weighted by Crippen LogP contribution is -2.34. The van der Waals surface area contributed by atoms with E-state index in [9.17, 15) is 9.18 Å². The van der Waals surface area contributed by atoms with Gasteiger partial charge in [-0.15, -0.1) is 0 Å². The monoisotopic (exact) mass is 339 g/mol. The number of nitrogens with one attached hydrogen (secondary N) is 1. The average Bonchev–Trinajstić information content (AvgIpc) is 3.24. The molecule has 1 fully saturated rings. The zero-order valence-electron chi connectivity index (χ0n) is 13.5. The van der Waals surface area contributed by atoms with Gasteiger partial charge in [0.15, 0.2) is 5.65 Å². The van der Waals surface area contributed by atoms with Crippen LogP contribution in [0.15, 0.2) is 42.6 Å². The molecule has 0 saturated heterocycles. The Morgan fingerprint density at radius 3 is 2.92 bits per heavy atom. The van der Waals surface area contributed by atoms with Crippen molar-refractivity contribution in [3.8, 4) is 11.3 Å². The smallest absolute Gasteiger partial charge is 0.222 e. The molecule has 3 aromatic rings. The molecule has 0 bridgehead atoms. The van der Waals surface area contributed by atoms with Gasteiger partial charge in [0.1, 0.15) is 11.6 Å². The largest absolute Gasteiger partial charge is 0.369 e. The molecule has 2 atom stereocenters. The molecule has 0 aliphatic heterocycles. The summed E-state index contributed by atoms with van der Waals surface area (Å²) in [7, 11) is 0. The van der Waals surface area contributed by atoms with Crippen LogP contribution >= 0.6 is 0 Å². The summed E-state index contributed by atoms with van der Waals surface area (Å²) >= 11 is 0. The zero-order valence-corrected chi connectivity index (χ0v) is 13.5. The van der Waals surface area contributed by atoms with Crippen LogP contribution in [0.25, 0.3) is 16.9 Å². The highest BCUT2D eigenvalue weighted by Crippen LogP contribution is 2.30. The van der Waals surface area contributed by atoms with Gasteiger partial charge in [0, 0.05) is 23.7 Å². The summed E-state index contributed by atoms with van der Waals surface area (Å²) in [5.74, 6) is -0.169. The molecule has 0 radical (unpaired) electrons. The molecule has 25 heavy (non-hydrogen) atoms. The Balaban J connectivity index is 1.77. The second kappa shape index (κ2) is 6.16. The van der Waals surface area contributed by atoms with Crippen LogP contribution in [0, 0.1) is 11.7 Å².